The lowest BCUT2D eigenvalue weighted by Gasteiger charge is -2.28. The summed E-state index contributed by atoms with van der Waals surface area (Å²) < 4.78 is 5.67. The van der Waals surface area contributed by atoms with Gasteiger partial charge in [-0.3, -0.25) is 4.79 Å². The Balaban J connectivity index is 2.16. The Hall–Kier alpha value is -0.610. The minimum atomic E-state index is 0.0115. The van der Waals surface area contributed by atoms with Crippen molar-refractivity contribution in [2.24, 2.45) is 5.41 Å². The van der Waals surface area contributed by atoms with Crippen LogP contribution in [0.5, 0.6) is 0 Å². The number of amides is 1. The molecule has 4 heteroatoms. The van der Waals surface area contributed by atoms with E-state index in [2.05, 4.69) is 38.2 Å². The molecule has 1 N–H and O–H groups in total. The van der Waals surface area contributed by atoms with E-state index in [0.29, 0.717) is 12.6 Å². The van der Waals surface area contributed by atoms with Gasteiger partial charge in [0.25, 0.3) is 0 Å². The molecule has 1 aliphatic carbocycles. The van der Waals surface area contributed by atoms with Gasteiger partial charge in [0, 0.05) is 13.1 Å². The lowest BCUT2D eigenvalue weighted by atomic mass is 9.93. The van der Waals surface area contributed by atoms with Crippen LogP contribution in [0.4, 0.5) is 0 Å². The highest BCUT2D eigenvalue weighted by Crippen LogP contribution is 2.20. The van der Waals surface area contributed by atoms with Crippen molar-refractivity contribution in [3.05, 3.63) is 0 Å². The van der Waals surface area contributed by atoms with E-state index >= 15 is 0 Å². The van der Waals surface area contributed by atoms with Crippen molar-refractivity contribution < 1.29 is 9.53 Å². The van der Waals surface area contributed by atoms with Gasteiger partial charge in [-0.05, 0) is 32.4 Å². The standard InChI is InChI=1S/C15H30N2O2/c1-15(2,12-17(3)4)11-16-14(18)10-19-13-8-6-5-7-9-13/h13H,5-12H2,1-4H3,(H,16,18). The zero-order chi connectivity index (χ0) is 14.3. The zero-order valence-electron chi connectivity index (χ0n) is 13.0. The van der Waals surface area contributed by atoms with E-state index in [-0.39, 0.29) is 17.9 Å². The summed E-state index contributed by atoms with van der Waals surface area (Å²) in [5, 5.41) is 2.98. The highest BCUT2D eigenvalue weighted by Gasteiger charge is 2.20. The van der Waals surface area contributed by atoms with Crippen molar-refractivity contribution in [1.82, 2.24) is 10.2 Å². The molecule has 0 aromatic rings. The van der Waals surface area contributed by atoms with Crippen LogP contribution in [0.1, 0.15) is 46.0 Å². The molecule has 0 heterocycles. The van der Waals surface area contributed by atoms with Gasteiger partial charge in [-0.15, -0.1) is 0 Å². The van der Waals surface area contributed by atoms with Gasteiger partial charge in [0.05, 0.1) is 6.10 Å². The molecule has 0 aliphatic heterocycles. The fourth-order valence-electron chi connectivity index (χ4n) is 2.73. The second kappa shape index (κ2) is 7.85. The molecule has 0 radical (unpaired) electrons. The molecular formula is C15H30N2O2. The van der Waals surface area contributed by atoms with Gasteiger partial charge >= 0.3 is 0 Å². The molecule has 112 valence electrons. The maximum Gasteiger partial charge on any atom is 0.246 e. The van der Waals surface area contributed by atoms with Gasteiger partial charge in [-0.1, -0.05) is 33.1 Å². The van der Waals surface area contributed by atoms with E-state index in [1.807, 2.05) is 0 Å². The third-order valence-corrected chi connectivity index (χ3v) is 3.51. The van der Waals surface area contributed by atoms with Crippen molar-refractivity contribution in [2.45, 2.75) is 52.1 Å². The summed E-state index contributed by atoms with van der Waals surface area (Å²) in [4.78, 5) is 13.9. The Morgan fingerprint density at radius 3 is 2.47 bits per heavy atom. The summed E-state index contributed by atoms with van der Waals surface area (Å²) in [6.07, 6.45) is 6.31. The molecule has 0 aromatic heterocycles. The van der Waals surface area contributed by atoms with Crippen LogP contribution in [-0.4, -0.2) is 50.7 Å². The third-order valence-electron chi connectivity index (χ3n) is 3.51. The molecule has 1 saturated carbocycles. The number of hydrogen-bond donors (Lipinski definition) is 1. The van der Waals surface area contributed by atoms with Crippen LogP contribution < -0.4 is 5.32 Å². The first-order valence-corrected chi connectivity index (χ1v) is 7.42. The fraction of sp³-hybridized carbons (Fsp3) is 0.933. The Morgan fingerprint density at radius 2 is 1.89 bits per heavy atom. The maximum atomic E-state index is 11.8. The molecule has 19 heavy (non-hydrogen) atoms. The first-order valence-electron chi connectivity index (χ1n) is 7.42. The molecule has 0 bridgehead atoms. The Bertz CT molecular complexity index is 271. The second-order valence-corrected chi connectivity index (χ2v) is 6.75. The highest BCUT2D eigenvalue weighted by atomic mass is 16.5. The first-order chi connectivity index (χ1) is 8.89. The molecule has 0 unspecified atom stereocenters. The van der Waals surface area contributed by atoms with Crippen LogP contribution in [-0.2, 0) is 9.53 Å². The van der Waals surface area contributed by atoms with E-state index in [4.69, 9.17) is 4.74 Å². The molecule has 4 nitrogen and oxygen atoms in total. The van der Waals surface area contributed by atoms with E-state index in [0.717, 1.165) is 19.4 Å². The lowest BCUT2D eigenvalue weighted by Crippen LogP contribution is -2.41. The Kier molecular flexibility index (Phi) is 6.80. The minimum absolute atomic E-state index is 0.0115. The van der Waals surface area contributed by atoms with Crippen LogP contribution in [0.25, 0.3) is 0 Å². The predicted molar refractivity (Wildman–Crippen MR) is 78.2 cm³/mol. The number of hydrogen-bond acceptors (Lipinski definition) is 3. The van der Waals surface area contributed by atoms with Crippen molar-refractivity contribution >= 4 is 5.91 Å². The minimum Gasteiger partial charge on any atom is -0.368 e. The van der Waals surface area contributed by atoms with Crippen LogP contribution in [0.2, 0.25) is 0 Å². The maximum absolute atomic E-state index is 11.8. The van der Waals surface area contributed by atoms with Crippen LogP contribution >= 0.6 is 0 Å². The van der Waals surface area contributed by atoms with E-state index < -0.39 is 0 Å². The fourth-order valence-corrected chi connectivity index (χ4v) is 2.73. The average Bonchev–Trinajstić information content (AvgIpc) is 2.34. The molecular weight excluding hydrogens is 240 g/mol. The summed E-state index contributed by atoms with van der Waals surface area (Å²) in [6, 6.07) is 0. The predicted octanol–water partition coefficient (Wildman–Crippen LogP) is 2.04. The smallest absolute Gasteiger partial charge is 0.246 e. The summed E-state index contributed by atoms with van der Waals surface area (Å²) >= 11 is 0. The quantitative estimate of drug-likeness (QED) is 0.770. The first kappa shape index (κ1) is 16.4. The molecule has 0 aromatic carbocycles. The van der Waals surface area contributed by atoms with Gasteiger partial charge in [-0.25, -0.2) is 0 Å². The number of carbonyl (C=O) groups excluding carboxylic acids is 1. The number of carbonyl (C=O) groups is 1. The van der Waals surface area contributed by atoms with Crippen molar-refractivity contribution in [1.29, 1.82) is 0 Å². The SMILES string of the molecule is CN(C)CC(C)(C)CNC(=O)COC1CCCCC1. The van der Waals surface area contributed by atoms with Crippen LogP contribution in [0, 0.1) is 5.41 Å². The average molecular weight is 270 g/mol. The van der Waals surface area contributed by atoms with Crippen LogP contribution in [0.3, 0.4) is 0 Å². The van der Waals surface area contributed by atoms with Gasteiger partial charge in [0.2, 0.25) is 5.91 Å². The third kappa shape index (κ3) is 7.53. The Labute approximate surface area is 117 Å². The van der Waals surface area contributed by atoms with Gasteiger partial charge in [0.1, 0.15) is 6.61 Å². The number of ether oxygens (including phenoxy) is 1. The van der Waals surface area contributed by atoms with Gasteiger partial charge < -0.3 is 15.0 Å². The van der Waals surface area contributed by atoms with Gasteiger partial charge in [-0.2, -0.15) is 0 Å². The number of nitrogens with one attached hydrogen (secondary N) is 1. The van der Waals surface area contributed by atoms with E-state index in [1.54, 1.807) is 0 Å². The van der Waals surface area contributed by atoms with Gasteiger partial charge in [0.15, 0.2) is 0 Å². The summed E-state index contributed by atoms with van der Waals surface area (Å²) in [6.45, 7) is 6.18. The molecule has 0 spiro atoms. The number of rotatable bonds is 7. The normalized spacial score (nSPS) is 17.7. The molecule has 1 rings (SSSR count). The summed E-state index contributed by atoms with van der Waals surface area (Å²) in [7, 11) is 4.10. The molecule has 0 atom stereocenters. The number of nitrogens with zero attached hydrogens (tertiary/aromatic N) is 1. The van der Waals surface area contributed by atoms with E-state index in [9.17, 15) is 4.79 Å². The second-order valence-electron chi connectivity index (χ2n) is 6.75. The van der Waals surface area contributed by atoms with Crippen LogP contribution in [0.15, 0.2) is 0 Å². The Morgan fingerprint density at radius 1 is 1.26 bits per heavy atom. The zero-order valence-corrected chi connectivity index (χ0v) is 13.0. The topological polar surface area (TPSA) is 41.6 Å². The summed E-state index contributed by atoms with van der Waals surface area (Å²) in [5.74, 6) is 0.0115. The lowest BCUT2D eigenvalue weighted by molar-refractivity contribution is -0.128. The highest BCUT2D eigenvalue weighted by molar-refractivity contribution is 5.77. The molecule has 1 fully saturated rings. The van der Waals surface area contributed by atoms with Crippen molar-refractivity contribution in [3.8, 4) is 0 Å². The van der Waals surface area contributed by atoms with Crippen molar-refractivity contribution in [3.63, 3.8) is 0 Å². The van der Waals surface area contributed by atoms with E-state index in [1.165, 1.54) is 19.3 Å². The monoisotopic (exact) mass is 270 g/mol. The molecule has 0 saturated heterocycles. The summed E-state index contributed by atoms with van der Waals surface area (Å²) in [5.41, 5.74) is 0.0873. The largest absolute Gasteiger partial charge is 0.368 e. The molecule has 1 aliphatic rings. The molecule has 1 amide bonds. The van der Waals surface area contributed by atoms with Crippen molar-refractivity contribution in [2.75, 3.05) is 33.8 Å².